The third-order valence-corrected chi connectivity index (χ3v) is 5.75. The summed E-state index contributed by atoms with van der Waals surface area (Å²) in [5, 5.41) is 3.33. The fourth-order valence-electron chi connectivity index (χ4n) is 2.44. The highest BCUT2D eigenvalue weighted by Gasteiger charge is 2.21. The maximum Gasteiger partial charge on any atom is 0.193 e. The van der Waals surface area contributed by atoms with E-state index in [1.165, 1.54) is 0 Å². The van der Waals surface area contributed by atoms with Crippen molar-refractivity contribution >= 4 is 39.8 Å². The molecule has 0 aliphatic carbocycles. The lowest BCUT2D eigenvalue weighted by Crippen LogP contribution is -2.47. The number of sulfone groups is 1. The molecule has 0 bridgehead atoms. The summed E-state index contributed by atoms with van der Waals surface area (Å²) in [4.78, 5) is 6.91. The number of nitrogens with one attached hydrogen (secondary N) is 1. The molecule has 0 saturated carbocycles. The topological polar surface area (TPSA) is 61.8 Å². The second-order valence-corrected chi connectivity index (χ2v) is 8.03. The Kier molecular flexibility index (Phi) is 12.6. The van der Waals surface area contributed by atoms with Crippen LogP contribution in [-0.4, -0.2) is 51.2 Å². The summed E-state index contributed by atoms with van der Waals surface area (Å²) in [6, 6.07) is 8.42. The molecule has 0 aliphatic heterocycles. The van der Waals surface area contributed by atoms with E-state index in [4.69, 9.17) is 0 Å². The van der Waals surface area contributed by atoms with Crippen LogP contribution in [0, 0.1) is 0 Å². The van der Waals surface area contributed by atoms with E-state index in [0.717, 1.165) is 25.3 Å². The summed E-state index contributed by atoms with van der Waals surface area (Å²) in [6.07, 6.45) is 4.54. The Hall–Kier alpha value is -1.09. The van der Waals surface area contributed by atoms with E-state index >= 15 is 0 Å². The molecule has 0 fully saturated rings. The van der Waals surface area contributed by atoms with Gasteiger partial charge >= 0.3 is 0 Å². The minimum absolute atomic E-state index is 0. The van der Waals surface area contributed by atoms with Crippen molar-refractivity contribution in [1.82, 2.24) is 10.2 Å². The van der Waals surface area contributed by atoms with Gasteiger partial charge in [0, 0.05) is 26.2 Å². The van der Waals surface area contributed by atoms with Crippen LogP contribution in [0.1, 0.15) is 33.1 Å². The van der Waals surface area contributed by atoms with Gasteiger partial charge in [-0.25, -0.2) is 8.42 Å². The van der Waals surface area contributed by atoms with E-state index in [1.807, 2.05) is 37.9 Å². The number of benzene rings is 1. The molecule has 1 atom stereocenters. The van der Waals surface area contributed by atoms with Gasteiger partial charge in [0.05, 0.1) is 10.6 Å². The number of allylic oxidation sites excluding steroid dienone is 1. The first kappa shape index (κ1) is 24.9. The zero-order valence-electron chi connectivity index (χ0n) is 16.0. The van der Waals surface area contributed by atoms with Crippen LogP contribution in [0.2, 0.25) is 0 Å². The quantitative estimate of drug-likeness (QED) is 0.178. The molecule has 1 unspecified atom stereocenters. The van der Waals surface area contributed by atoms with Crippen LogP contribution in [0.4, 0.5) is 0 Å². The van der Waals surface area contributed by atoms with Gasteiger partial charge in [-0.15, -0.1) is 30.6 Å². The molecule has 0 heterocycles. The Morgan fingerprint density at radius 2 is 1.96 bits per heavy atom. The predicted octanol–water partition coefficient (Wildman–Crippen LogP) is 3.72. The van der Waals surface area contributed by atoms with Crippen molar-refractivity contribution in [3.05, 3.63) is 43.0 Å². The number of hydrogen-bond donors (Lipinski definition) is 1. The smallest absolute Gasteiger partial charge is 0.193 e. The van der Waals surface area contributed by atoms with Crippen molar-refractivity contribution in [1.29, 1.82) is 0 Å². The molecule has 1 aromatic carbocycles. The third kappa shape index (κ3) is 8.53. The van der Waals surface area contributed by atoms with Crippen molar-refractivity contribution in [2.24, 2.45) is 4.99 Å². The van der Waals surface area contributed by atoms with Crippen LogP contribution in [0.25, 0.3) is 0 Å². The lowest BCUT2D eigenvalue weighted by atomic mass is 10.2. The highest BCUT2D eigenvalue weighted by molar-refractivity contribution is 14.0. The van der Waals surface area contributed by atoms with Gasteiger partial charge < -0.3 is 10.2 Å². The van der Waals surface area contributed by atoms with Crippen molar-refractivity contribution in [3.63, 3.8) is 0 Å². The fourth-order valence-corrected chi connectivity index (χ4v) is 4.05. The standard InChI is InChI=1S/C19H31N3O2S.HI/c1-5-8-12-15-22(4)19(20-7-3)21-17(6-2)16-25(23,24)18-13-10-9-11-14-18;/h5,9-11,13-14,17H,1,6-8,12,15-16H2,2-4H3,(H,20,21);1H. The number of aliphatic imine (C=N–C) groups is 1. The van der Waals surface area contributed by atoms with Crippen molar-refractivity contribution in [2.45, 2.75) is 44.0 Å². The molecule has 0 radical (unpaired) electrons. The Morgan fingerprint density at radius 3 is 2.50 bits per heavy atom. The lowest BCUT2D eigenvalue weighted by molar-refractivity contribution is 0.454. The second-order valence-electron chi connectivity index (χ2n) is 5.99. The van der Waals surface area contributed by atoms with Crippen molar-refractivity contribution in [2.75, 3.05) is 25.9 Å². The van der Waals surface area contributed by atoms with Crippen molar-refractivity contribution in [3.8, 4) is 0 Å². The minimum Gasteiger partial charge on any atom is -0.352 e. The summed E-state index contributed by atoms with van der Waals surface area (Å²) in [6.45, 7) is 9.19. The molecular formula is C19H32IN3O2S. The third-order valence-electron chi connectivity index (χ3n) is 3.92. The maximum absolute atomic E-state index is 12.6. The van der Waals surface area contributed by atoms with Gasteiger partial charge in [0.15, 0.2) is 15.8 Å². The molecule has 148 valence electrons. The molecular weight excluding hydrogens is 461 g/mol. The van der Waals surface area contributed by atoms with E-state index in [2.05, 4.69) is 16.9 Å². The summed E-state index contributed by atoms with van der Waals surface area (Å²) >= 11 is 0. The van der Waals surface area contributed by atoms with Crippen LogP contribution in [0.3, 0.4) is 0 Å². The summed E-state index contributed by atoms with van der Waals surface area (Å²) in [5.41, 5.74) is 0. The van der Waals surface area contributed by atoms with Gasteiger partial charge in [-0.2, -0.15) is 0 Å². The molecule has 1 N–H and O–H groups in total. The highest BCUT2D eigenvalue weighted by atomic mass is 127. The molecule has 0 aromatic heterocycles. The zero-order valence-corrected chi connectivity index (χ0v) is 19.2. The summed E-state index contributed by atoms with van der Waals surface area (Å²) < 4.78 is 25.2. The number of hydrogen-bond acceptors (Lipinski definition) is 3. The zero-order chi connectivity index (χ0) is 18.7. The largest absolute Gasteiger partial charge is 0.352 e. The number of unbranched alkanes of at least 4 members (excludes halogenated alkanes) is 1. The first-order valence-electron chi connectivity index (χ1n) is 8.85. The van der Waals surface area contributed by atoms with Crippen LogP contribution >= 0.6 is 24.0 Å². The Bertz CT molecular complexity index is 648. The molecule has 7 heteroatoms. The normalized spacial score (nSPS) is 12.8. The van der Waals surface area contributed by atoms with Crippen LogP contribution in [0.15, 0.2) is 52.9 Å². The van der Waals surface area contributed by atoms with E-state index in [1.54, 1.807) is 24.3 Å². The molecule has 26 heavy (non-hydrogen) atoms. The van der Waals surface area contributed by atoms with Crippen LogP contribution in [-0.2, 0) is 9.84 Å². The number of rotatable bonds is 10. The van der Waals surface area contributed by atoms with E-state index in [9.17, 15) is 8.42 Å². The van der Waals surface area contributed by atoms with Crippen LogP contribution in [0.5, 0.6) is 0 Å². The highest BCUT2D eigenvalue weighted by Crippen LogP contribution is 2.12. The maximum atomic E-state index is 12.6. The van der Waals surface area contributed by atoms with Gasteiger partial charge in [0.1, 0.15) is 0 Å². The number of nitrogens with zero attached hydrogens (tertiary/aromatic N) is 2. The van der Waals surface area contributed by atoms with Gasteiger partial charge in [-0.05, 0) is 38.3 Å². The van der Waals surface area contributed by atoms with Gasteiger partial charge in [-0.1, -0.05) is 31.2 Å². The van der Waals surface area contributed by atoms with E-state index < -0.39 is 9.84 Å². The minimum atomic E-state index is -3.33. The van der Waals surface area contributed by atoms with Gasteiger partial charge in [0.25, 0.3) is 0 Å². The molecule has 0 spiro atoms. The second kappa shape index (κ2) is 13.1. The molecule has 1 rings (SSSR count). The molecule has 0 aliphatic rings. The first-order valence-corrected chi connectivity index (χ1v) is 10.5. The van der Waals surface area contributed by atoms with Gasteiger partial charge in [0.2, 0.25) is 0 Å². The number of guanidine groups is 1. The summed E-state index contributed by atoms with van der Waals surface area (Å²) in [5.74, 6) is 0.804. The van der Waals surface area contributed by atoms with E-state index in [0.29, 0.717) is 17.9 Å². The fraction of sp³-hybridized carbons (Fsp3) is 0.526. The lowest BCUT2D eigenvalue weighted by Gasteiger charge is -2.26. The number of halogens is 1. The SMILES string of the molecule is C=CCCCN(C)C(=NCC)NC(CC)CS(=O)(=O)c1ccccc1.I. The Labute approximate surface area is 175 Å². The Balaban J connectivity index is 0.00000625. The molecule has 0 saturated heterocycles. The predicted molar refractivity (Wildman–Crippen MR) is 121 cm³/mol. The molecule has 5 nitrogen and oxygen atoms in total. The summed E-state index contributed by atoms with van der Waals surface area (Å²) in [7, 11) is -1.35. The average molecular weight is 493 g/mol. The van der Waals surface area contributed by atoms with Crippen molar-refractivity contribution < 1.29 is 8.42 Å². The molecule has 0 amide bonds. The Morgan fingerprint density at radius 1 is 1.31 bits per heavy atom. The van der Waals surface area contributed by atoms with E-state index in [-0.39, 0.29) is 35.8 Å². The monoisotopic (exact) mass is 493 g/mol. The first-order chi connectivity index (χ1) is 11.9. The molecule has 1 aromatic rings. The van der Waals surface area contributed by atoms with Gasteiger partial charge in [-0.3, -0.25) is 4.99 Å². The van der Waals surface area contributed by atoms with Crippen LogP contribution < -0.4 is 5.32 Å². The average Bonchev–Trinajstić information content (AvgIpc) is 2.61.